The summed E-state index contributed by atoms with van der Waals surface area (Å²) in [7, 11) is 1.78. The summed E-state index contributed by atoms with van der Waals surface area (Å²) >= 11 is 1.78. The van der Waals surface area contributed by atoms with E-state index in [-0.39, 0.29) is 29.8 Å². The number of nitrogens with one attached hydrogen (secondary N) is 3. The summed E-state index contributed by atoms with van der Waals surface area (Å²) in [6.07, 6.45) is 2.79. The van der Waals surface area contributed by atoms with Gasteiger partial charge in [0.05, 0.1) is 0 Å². The van der Waals surface area contributed by atoms with Gasteiger partial charge in [0.15, 0.2) is 5.96 Å². The molecule has 1 atom stereocenters. The molecule has 0 saturated heterocycles. The molecule has 2 aromatic heterocycles. The van der Waals surface area contributed by atoms with E-state index in [4.69, 9.17) is 0 Å². The van der Waals surface area contributed by atoms with Gasteiger partial charge >= 0.3 is 0 Å². The van der Waals surface area contributed by atoms with Gasteiger partial charge in [-0.25, -0.2) is 4.39 Å². The molecule has 0 radical (unpaired) electrons. The van der Waals surface area contributed by atoms with E-state index in [9.17, 15) is 4.39 Å². The highest BCUT2D eigenvalue weighted by molar-refractivity contribution is 14.0. The molecule has 2 heterocycles. The molecule has 3 N–H and O–H groups in total. The van der Waals surface area contributed by atoms with Gasteiger partial charge in [0.25, 0.3) is 0 Å². The first-order valence-electron chi connectivity index (χ1n) is 8.41. The molecule has 1 aromatic carbocycles. The van der Waals surface area contributed by atoms with E-state index in [1.165, 1.54) is 22.6 Å². The minimum atomic E-state index is -0.219. The standard InChI is InChI=1S/C19H23FN4S.HI/c1-13(18-4-3-9-25-18)11-24-19(21-2)22-8-7-14-12-23-17-10-15(20)5-6-16(14)17;/h3-6,9-10,12-13,23H,7-8,11H2,1-2H3,(H2,21,22,24);1H. The highest BCUT2D eigenvalue weighted by Gasteiger charge is 2.08. The lowest BCUT2D eigenvalue weighted by Gasteiger charge is -2.15. The lowest BCUT2D eigenvalue weighted by atomic mass is 10.1. The zero-order valence-electron chi connectivity index (χ0n) is 14.9. The number of fused-ring (bicyclic) bond motifs is 1. The number of H-pyrrole nitrogens is 1. The number of aromatic nitrogens is 1. The molecule has 0 amide bonds. The Morgan fingerprint density at radius 1 is 1.31 bits per heavy atom. The fourth-order valence-corrected chi connectivity index (χ4v) is 3.61. The molecule has 3 rings (SSSR count). The van der Waals surface area contributed by atoms with Crippen LogP contribution < -0.4 is 10.6 Å². The van der Waals surface area contributed by atoms with E-state index in [0.717, 1.165) is 36.4 Å². The summed E-state index contributed by atoms with van der Waals surface area (Å²) in [6.45, 7) is 3.81. The average Bonchev–Trinajstić information content (AvgIpc) is 3.27. The third kappa shape index (κ3) is 5.20. The van der Waals surface area contributed by atoms with Crippen LogP contribution in [0.2, 0.25) is 0 Å². The fourth-order valence-electron chi connectivity index (χ4n) is 2.82. The maximum absolute atomic E-state index is 13.2. The molecule has 0 spiro atoms. The lowest BCUT2D eigenvalue weighted by Crippen LogP contribution is -2.39. The first-order valence-corrected chi connectivity index (χ1v) is 9.28. The lowest BCUT2D eigenvalue weighted by molar-refractivity contribution is 0.629. The Morgan fingerprint density at radius 2 is 2.15 bits per heavy atom. The molecule has 0 bridgehead atoms. The van der Waals surface area contributed by atoms with Crippen LogP contribution in [0.1, 0.15) is 23.3 Å². The second-order valence-corrected chi connectivity index (χ2v) is 7.03. The van der Waals surface area contributed by atoms with Crippen molar-refractivity contribution in [2.75, 3.05) is 20.1 Å². The molecule has 0 aliphatic heterocycles. The summed E-state index contributed by atoms with van der Waals surface area (Å²) < 4.78 is 13.2. The summed E-state index contributed by atoms with van der Waals surface area (Å²) in [5, 5.41) is 9.88. The van der Waals surface area contributed by atoms with Crippen LogP contribution in [0.5, 0.6) is 0 Å². The molecule has 140 valence electrons. The molecule has 0 aliphatic rings. The maximum Gasteiger partial charge on any atom is 0.191 e. The van der Waals surface area contributed by atoms with Gasteiger partial charge in [-0.2, -0.15) is 0 Å². The summed E-state index contributed by atoms with van der Waals surface area (Å²) in [6, 6.07) is 9.09. The highest BCUT2D eigenvalue weighted by atomic mass is 127. The van der Waals surface area contributed by atoms with Crippen LogP contribution in [-0.2, 0) is 6.42 Å². The predicted molar refractivity (Wildman–Crippen MR) is 119 cm³/mol. The zero-order chi connectivity index (χ0) is 17.6. The number of guanidine groups is 1. The van der Waals surface area contributed by atoms with E-state index in [2.05, 4.69) is 45.0 Å². The van der Waals surface area contributed by atoms with Crippen molar-refractivity contribution >= 4 is 52.2 Å². The van der Waals surface area contributed by atoms with Gasteiger partial charge in [0, 0.05) is 48.0 Å². The molecule has 0 fully saturated rings. The summed E-state index contributed by atoms with van der Waals surface area (Å²) in [4.78, 5) is 8.77. The van der Waals surface area contributed by atoms with E-state index >= 15 is 0 Å². The van der Waals surface area contributed by atoms with Crippen LogP contribution in [0, 0.1) is 5.82 Å². The second kappa shape index (κ2) is 9.91. The Hall–Kier alpha value is -1.61. The number of rotatable bonds is 6. The number of hydrogen-bond acceptors (Lipinski definition) is 2. The van der Waals surface area contributed by atoms with Gasteiger partial charge in [0.2, 0.25) is 0 Å². The number of hydrogen-bond donors (Lipinski definition) is 3. The summed E-state index contributed by atoms with van der Waals surface area (Å²) in [5.41, 5.74) is 2.01. The average molecular weight is 486 g/mol. The topological polar surface area (TPSA) is 52.2 Å². The number of benzene rings is 1. The van der Waals surface area contributed by atoms with Crippen molar-refractivity contribution in [1.82, 2.24) is 15.6 Å². The molecule has 1 unspecified atom stereocenters. The third-order valence-electron chi connectivity index (χ3n) is 4.24. The molecule has 3 aromatic rings. The minimum Gasteiger partial charge on any atom is -0.361 e. The van der Waals surface area contributed by atoms with Gasteiger partial charge in [-0.15, -0.1) is 35.3 Å². The predicted octanol–water partition coefficient (Wildman–Crippen LogP) is 4.50. The monoisotopic (exact) mass is 486 g/mol. The number of aromatic amines is 1. The Morgan fingerprint density at radius 3 is 2.88 bits per heavy atom. The molecule has 0 saturated carbocycles. The van der Waals surface area contributed by atoms with E-state index in [1.807, 2.05) is 12.3 Å². The van der Waals surface area contributed by atoms with Gasteiger partial charge in [-0.05, 0) is 41.6 Å². The van der Waals surface area contributed by atoms with Crippen LogP contribution in [-0.4, -0.2) is 31.1 Å². The van der Waals surface area contributed by atoms with E-state index < -0.39 is 0 Å². The van der Waals surface area contributed by atoms with Crippen molar-refractivity contribution in [2.24, 2.45) is 4.99 Å². The van der Waals surface area contributed by atoms with Crippen molar-refractivity contribution in [2.45, 2.75) is 19.3 Å². The van der Waals surface area contributed by atoms with Gasteiger partial charge in [0.1, 0.15) is 5.82 Å². The van der Waals surface area contributed by atoms with Crippen LogP contribution in [0.4, 0.5) is 4.39 Å². The van der Waals surface area contributed by atoms with Gasteiger partial charge in [-0.1, -0.05) is 13.0 Å². The van der Waals surface area contributed by atoms with E-state index in [1.54, 1.807) is 18.4 Å². The molecular formula is C19H24FIN4S. The largest absolute Gasteiger partial charge is 0.361 e. The Balaban J connectivity index is 0.00000243. The normalized spacial score (nSPS) is 12.7. The zero-order valence-corrected chi connectivity index (χ0v) is 18.0. The van der Waals surface area contributed by atoms with Crippen molar-refractivity contribution in [3.05, 3.63) is 58.2 Å². The Kier molecular flexibility index (Phi) is 7.89. The maximum atomic E-state index is 13.2. The van der Waals surface area contributed by atoms with Crippen molar-refractivity contribution in [1.29, 1.82) is 0 Å². The first-order chi connectivity index (χ1) is 12.2. The van der Waals surface area contributed by atoms with Crippen LogP contribution in [0.25, 0.3) is 10.9 Å². The third-order valence-corrected chi connectivity index (χ3v) is 5.35. The Labute approximate surface area is 174 Å². The van der Waals surface area contributed by atoms with Crippen LogP contribution in [0.3, 0.4) is 0 Å². The smallest absolute Gasteiger partial charge is 0.191 e. The second-order valence-electron chi connectivity index (χ2n) is 6.05. The van der Waals surface area contributed by atoms with Crippen molar-refractivity contribution < 1.29 is 4.39 Å². The number of thiophene rings is 1. The molecule has 26 heavy (non-hydrogen) atoms. The Bertz CT molecular complexity index is 844. The van der Waals surface area contributed by atoms with Gasteiger partial charge in [-0.3, -0.25) is 4.99 Å². The molecule has 4 nitrogen and oxygen atoms in total. The molecule has 7 heteroatoms. The van der Waals surface area contributed by atoms with Crippen LogP contribution in [0.15, 0.2) is 46.9 Å². The highest BCUT2D eigenvalue weighted by Crippen LogP contribution is 2.20. The van der Waals surface area contributed by atoms with Crippen molar-refractivity contribution in [3.8, 4) is 0 Å². The van der Waals surface area contributed by atoms with Gasteiger partial charge < -0.3 is 15.6 Å². The minimum absolute atomic E-state index is 0. The fraction of sp³-hybridized carbons (Fsp3) is 0.316. The first kappa shape index (κ1) is 20.7. The van der Waals surface area contributed by atoms with Crippen LogP contribution >= 0.6 is 35.3 Å². The molecule has 0 aliphatic carbocycles. The number of nitrogens with zero attached hydrogens (tertiary/aromatic N) is 1. The SMILES string of the molecule is CN=C(NCCc1c[nH]c2cc(F)ccc12)NCC(C)c1cccs1.I. The molecular weight excluding hydrogens is 462 g/mol. The number of halogens is 2. The summed E-state index contributed by atoms with van der Waals surface area (Å²) in [5.74, 6) is 1.03. The van der Waals surface area contributed by atoms with E-state index in [0.29, 0.717) is 5.92 Å². The van der Waals surface area contributed by atoms with Crippen molar-refractivity contribution in [3.63, 3.8) is 0 Å². The quantitative estimate of drug-likeness (QED) is 0.273. The number of aliphatic imine (C=N–C) groups is 1.